The molecule has 2 N–H and O–H groups in total. The number of hydrogen-bond acceptors (Lipinski definition) is 2. The van der Waals surface area contributed by atoms with Gasteiger partial charge in [0.05, 0.1) is 12.5 Å². The summed E-state index contributed by atoms with van der Waals surface area (Å²) in [5, 5.41) is 5.91. The van der Waals surface area contributed by atoms with Gasteiger partial charge < -0.3 is 10.6 Å². The first-order valence-corrected chi connectivity index (χ1v) is 9.82. The normalized spacial score (nSPS) is 12.5. The Bertz CT molecular complexity index is 800. The zero-order valence-electron chi connectivity index (χ0n) is 17.8. The predicted molar refractivity (Wildman–Crippen MR) is 115 cm³/mol. The molecule has 0 aromatic heterocycles. The van der Waals surface area contributed by atoms with E-state index in [2.05, 4.69) is 69.5 Å². The van der Waals surface area contributed by atoms with Gasteiger partial charge in [0.25, 0.3) is 0 Å². The maximum Gasteiger partial charge on any atom is 0.224 e. The quantitative estimate of drug-likeness (QED) is 0.741. The van der Waals surface area contributed by atoms with Gasteiger partial charge in [-0.2, -0.15) is 0 Å². The molecule has 0 fully saturated rings. The number of carbonyl (C=O) groups is 2. The Morgan fingerprint density at radius 2 is 1.50 bits per heavy atom. The van der Waals surface area contributed by atoms with Crippen molar-refractivity contribution in [2.45, 2.75) is 59.4 Å². The Morgan fingerprint density at radius 1 is 0.929 bits per heavy atom. The van der Waals surface area contributed by atoms with E-state index in [1.807, 2.05) is 24.3 Å². The number of anilines is 1. The van der Waals surface area contributed by atoms with Crippen LogP contribution in [0.25, 0.3) is 0 Å². The highest BCUT2D eigenvalue weighted by Crippen LogP contribution is 2.27. The van der Waals surface area contributed by atoms with Gasteiger partial charge in [0, 0.05) is 12.6 Å². The van der Waals surface area contributed by atoms with Crippen LogP contribution in [-0.2, 0) is 21.4 Å². The first-order valence-electron chi connectivity index (χ1n) is 9.82. The Hall–Kier alpha value is -2.62. The zero-order valence-corrected chi connectivity index (χ0v) is 17.8. The largest absolute Gasteiger partial charge is 0.349 e. The predicted octanol–water partition coefficient (Wildman–Crippen LogP) is 5.00. The monoisotopic (exact) mass is 380 g/mol. The van der Waals surface area contributed by atoms with Crippen LogP contribution in [0.2, 0.25) is 0 Å². The summed E-state index contributed by atoms with van der Waals surface area (Å²) in [6.07, 6.45) is 0.309. The van der Waals surface area contributed by atoms with Crippen LogP contribution in [0.1, 0.15) is 64.3 Å². The Kier molecular flexibility index (Phi) is 7.00. The molecule has 4 nitrogen and oxygen atoms in total. The fraction of sp³-hybridized carbons (Fsp3) is 0.417. The lowest BCUT2D eigenvalue weighted by atomic mass is 9.85. The van der Waals surface area contributed by atoms with Crippen LogP contribution in [0.5, 0.6) is 0 Å². The van der Waals surface area contributed by atoms with Crippen LogP contribution >= 0.6 is 0 Å². The van der Waals surface area contributed by atoms with Crippen LogP contribution < -0.4 is 10.6 Å². The summed E-state index contributed by atoms with van der Waals surface area (Å²) in [7, 11) is 0. The number of amides is 2. The molecule has 0 radical (unpaired) electrons. The van der Waals surface area contributed by atoms with Crippen molar-refractivity contribution in [3.8, 4) is 0 Å². The Labute approximate surface area is 168 Å². The van der Waals surface area contributed by atoms with Gasteiger partial charge in [-0.3, -0.25) is 9.59 Å². The fourth-order valence-electron chi connectivity index (χ4n) is 3.14. The zero-order chi connectivity index (χ0) is 20.9. The standard InChI is InChI=1S/C24H32N2O2/c1-16(2)23(19-9-11-20(12-10-19)24(4,5)6)26-22(28)15-18-7-13-21(14-8-18)25-17(3)27/h7-14,16,23H,15H2,1-6H3,(H,25,27)(H,26,28)/t23-/m1/s1. The number of hydrogen-bond donors (Lipinski definition) is 2. The van der Waals surface area contributed by atoms with Gasteiger partial charge in [0.2, 0.25) is 11.8 Å². The van der Waals surface area contributed by atoms with E-state index in [1.165, 1.54) is 12.5 Å². The van der Waals surface area contributed by atoms with Gasteiger partial charge >= 0.3 is 0 Å². The summed E-state index contributed by atoms with van der Waals surface area (Å²) in [4.78, 5) is 23.7. The summed E-state index contributed by atoms with van der Waals surface area (Å²) in [5.74, 6) is 0.167. The van der Waals surface area contributed by atoms with Gasteiger partial charge in [-0.15, -0.1) is 0 Å². The first kappa shape index (κ1) is 21.7. The van der Waals surface area contributed by atoms with Crippen molar-refractivity contribution in [2.24, 2.45) is 5.92 Å². The molecule has 2 amide bonds. The van der Waals surface area contributed by atoms with Gasteiger partial charge in [0.15, 0.2) is 0 Å². The lowest BCUT2D eigenvalue weighted by Gasteiger charge is -2.25. The molecule has 0 heterocycles. The molecule has 0 aliphatic heterocycles. The molecular weight excluding hydrogens is 348 g/mol. The van der Waals surface area contributed by atoms with E-state index in [9.17, 15) is 9.59 Å². The van der Waals surface area contributed by atoms with E-state index < -0.39 is 0 Å². The van der Waals surface area contributed by atoms with Crippen molar-refractivity contribution in [3.63, 3.8) is 0 Å². The second-order valence-corrected chi connectivity index (χ2v) is 8.72. The molecule has 0 aliphatic rings. The molecule has 2 rings (SSSR count). The van der Waals surface area contributed by atoms with Gasteiger partial charge in [-0.05, 0) is 40.2 Å². The summed E-state index contributed by atoms with van der Waals surface area (Å²) in [6.45, 7) is 12.3. The highest BCUT2D eigenvalue weighted by molar-refractivity contribution is 5.88. The van der Waals surface area contributed by atoms with Crippen LogP contribution in [-0.4, -0.2) is 11.8 Å². The molecule has 28 heavy (non-hydrogen) atoms. The molecule has 0 saturated carbocycles. The van der Waals surface area contributed by atoms with Crippen LogP contribution in [0.3, 0.4) is 0 Å². The third kappa shape index (κ3) is 6.22. The lowest BCUT2D eigenvalue weighted by Crippen LogP contribution is -2.32. The van der Waals surface area contributed by atoms with Gasteiger partial charge in [0.1, 0.15) is 0 Å². The maximum absolute atomic E-state index is 12.6. The maximum atomic E-state index is 12.6. The third-order valence-electron chi connectivity index (χ3n) is 4.76. The minimum atomic E-state index is -0.109. The smallest absolute Gasteiger partial charge is 0.224 e. The summed E-state index contributed by atoms with van der Waals surface area (Å²) >= 11 is 0. The Balaban J connectivity index is 2.05. The second kappa shape index (κ2) is 9.05. The first-order chi connectivity index (χ1) is 13.1. The summed E-state index contributed by atoms with van der Waals surface area (Å²) in [5.41, 5.74) is 4.16. The van der Waals surface area contributed by atoms with Crippen LogP contribution in [0, 0.1) is 5.92 Å². The fourth-order valence-corrected chi connectivity index (χ4v) is 3.14. The third-order valence-corrected chi connectivity index (χ3v) is 4.76. The van der Waals surface area contributed by atoms with Crippen LogP contribution in [0.15, 0.2) is 48.5 Å². The molecule has 150 valence electrons. The van der Waals surface area contributed by atoms with Crippen LogP contribution in [0.4, 0.5) is 5.69 Å². The molecule has 2 aromatic rings. The van der Waals surface area contributed by atoms with Gasteiger partial charge in [-0.25, -0.2) is 0 Å². The molecule has 0 bridgehead atoms. The van der Waals surface area contributed by atoms with E-state index in [-0.39, 0.29) is 29.2 Å². The van der Waals surface area contributed by atoms with Crippen molar-refractivity contribution in [2.75, 3.05) is 5.32 Å². The average molecular weight is 381 g/mol. The van der Waals surface area contributed by atoms with E-state index in [0.29, 0.717) is 6.42 Å². The summed E-state index contributed by atoms with van der Waals surface area (Å²) in [6, 6.07) is 15.9. The molecule has 1 atom stereocenters. The molecular formula is C24H32N2O2. The Morgan fingerprint density at radius 3 is 1.96 bits per heavy atom. The molecule has 0 saturated heterocycles. The minimum absolute atomic E-state index is 0.00845. The molecule has 0 unspecified atom stereocenters. The number of nitrogens with one attached hydrogen (secondary N) is 2. The molecule has 2 aromatic carbocycles. The average Bonchev–Trinajstić information content (AvgIpc) is 2.60. The molecule has 0 spiro atoms. The molecule has 0 aliphatic carbocycles. The van der Waals surface area contributed by atoms with E-state index in [4.69, 9.17) is 0 Å². The highest BCUT2D eigenvalue weighted by atomic mass is 16.2. The number of carbonyl (C=O) groups excluding carboxylic acids is 2. The summed E-state index contributed by atoms with van der Waals surface area (Å²) < 4.78 is 0. The second-order valence-electron chi connectivity index (χ2n) is 8.72. The highest BCUT2D eigenvalue weighted by Gasteiger charge is 2.20. The minimum Gasteiger partial charge on any atom is -0.349 e. The van der Waals surface area contributed by atoms with Crippen molar-refractivity contribution in [3.05, 3.63) is 65.2 Å². The van der Waals surface area contributed by atoms with E-state index in [0.717, 1.165) is 16.8 Å². The van der Waals surface area contributed by atoms with Crippen molar-refractivity contribution in [1.82, 2.24) is 5.32 Å². The van der Waals surface area contributed by atoms with Crippen molar-refractivity contribution < 1.29 is 9.59 Å². The van der Waals surface area contributed by atoms with Crippen molar-refractivity contribution in [1.29, 1.82) is 0 Å². The lowest BCUT2D eigenvalue weighted by molar-refractivity contribution is -0.121. The van der Waals surface area contributed by atoms with Crippen molar-refractivity contribution >= 4 is 17.5 Å². The van der Waals surface area contributed by atoms with Gasteiger partial charge in [-0.1, -0.05) is 71.0 Å². The van der Waals surface area contributed by atoms with E-state index in [1.54, 1.807) is 0 Å². The topological polar surface area (TPSA) is 58.2 Å². The van der Waals surface area contributed by atoms with E-state index >= 15 is 0 Å². The number of rotatable bonds is 6. The number of benzene rings is 2. The SMILES string of the molecule is CC(=O)Nc1ccc(CC(=O)N[C@@H](c2ccc(C(C)(C)C)cc2)C(C)C)cc1. The molecule has 4 heteroatoms.